The van der Waals surface area contributed by atoms with Crippen LogP contribution in [0.15, 0.2) is 0 Å². The third-order valence-electron chi connectivity index (χ3n) is 3.52. The minimum atomic E-state index is -0.141. The third-order valence-corrected chi connectivity index (χ3v) is 3.52. The van der Waals surface area contributed by atoms with Gasteiger partial charge in [-0.25, -0.2) is 4.98 Å². The molecule has 2 N–H and O–H groups in total. The first-order valence-electron chi connectivity index (χ1n) is 6.81. The number of likely N-dealkylation sites (N-methyl/N-ethyl adjacent to an activating group) is 1. The van der Waals surface area contributed by atoms with Gasteiger partial charge in [-0.1, -0.05) is 13.8 Å². The Bertz CT molecular complexity index is 358. The fourth-order valence-corrected chi connectivity index (χ4v) is 2.35. The molecule has 0 saturated heterocycles. The molecule has 0 radical (unpaired) electrons. The molecule has 18 heavy (non-hydrogen) atoms. The van der Waals surface area contributed by atoms with Gasteiger partial charge < -0.3 is 10.4 Å². The Labute approximate surface area is 110 Å². The molecule has 1 rings (SSSR count). The van der Waals surface area contributed by atoms with Gasteiger partial charge in [-0.15, -0.1) is 0 Å². The second-order valence-corrected chi connectivity index (χ2v) is 4.86. The van der Waals surface area contributed by atoms with Crippen LogP contribution >= 0.6 is 0 Å². The van der Waals surface area contributed by atoms with Crippen LogP contribution in [0.4, 0.5) is 0 Å². The summed E-state index contributed by atoms with van der Waals surface area (Å²) < 4.78 is 1.94. The average molecular weight is 254 g/mol. The monoisotopic (exact) mass is 254 g/mol. The summed E-state index contributed by atoms with van der Waals surface area (Å²) in [7, 11) is 0. The molecule has 1 aromatic rings. The summed E-state index contributed by atoms with van der Waals surface area (Å²) in [4.78, 5) is 4.29. The molecule has 0 aliphatic carbocycles. The number of aromatic nitrogens is 3. The minimum Gasteiger partial charge on any atom is -0.394 e. The number of hydrogen-bond acceptors (Lipinski definition) is 4. The Balaban J connectivity index is 2.51. The molecule has 5 heteroatoms. The molecule has 5 nitrogen and oxygen atoms in total. The van der Waals surface area contributed by atoms with E-state index in [4.69, 9.17) is 0 Å². The van der Waals surface area contributed by atoms with Crippen molar-refractivity contribution in [2.45, 2.75) is 59.0 Å². The van der Waals surface area contributed by atoms with Crippen molar-refractivity contribution in [2.24, 2.45) is 0 Å². The lowest BCUT2D eigenvalue weighted by molar-refractivity contribution is 0.144. The lowest BCUT2D eigenvalue weighted by atomic mass is 9.91. The van der Waals surface area contributed by atoms with Crippen molar-refractivity contribution in [3.8, 4) is 0 Å². The maximum absolute atomic E-state index is 9.57. The van der Waals surface area contributed by atoms with Gasteiger partial charge in [-0.05, 0) is 39.7 Å². The summed E-state index contributed by atoms with van der Waals surface area (Å²) in [6.07, 6.45) is 2.88. The maximum atomic E-state index is 9.57. The molecule has 0 aliphatic heterocycles. The molecule has 0 bridgehead atoms. The molecule has 1 heterocycles. The largest absolute Gasteiger partial charge is 0.394 e. The Kier molecular flexibility index (Phi) is 5.75. The molecule has 1 atom stereocenters. The van der Waals surface area contributed by atoms with Crippen molar-refractivity contribution in [3.05, 3.63) is 11.6 Å². The van der Waals surface area contributed by atoms with Crippen molar-refractivity contribution in [2.75, 3.05) is 13.2 Å². The van der Waals surface area contributed by atoms with Gasteiger partial charge in [0.15, 0.2) is 0 Å². The highest BCUT2D eigenvalue weighted by atomic mass is 16.3. The molecule has 1 aromatic heterocycles. The highest BCUT2D eigenvalue weighted by Crippen LogP contribution is 2.17. The van der Waals surface area contributed by atoms with Crippen LogP contribution < -0.4 is 5.32 Å². The molecule has 0 amide bonds. The van der Waals surface area contributed by atoms with Crippen molar-refractivity contribution in [1.29, 1.82) is 0 Å². The average Bonchev–Trinajstić information content (AvgIpc) is 2.67. The van der Waals surface area contributed by atoms with Gasteiger partial charge in [0.05, 0.1) is 6.61 Å². The first-order chi connectivity index (χ1) is 8.56. The van der Waals surface area contributed by atoms with E-state index >= 15 is 0 Å². The zero-order valence-electron chi connectivity index (χ0n) is 12.0. The second-order valence-electron chi connectivity index (χ2n) is 4.86. The van der Waals surface area contributed by atoms with Gasteiger partial charge in [-0.3, -0.25) is 4.68 Å². The van der Waals surface area contributed by atoms with Crippen LogP contribution in [0, 0.1) is 13.8 Å². The molecule has 0 aliphatic rings. The molecule has 0 aromatic carbocycles. The summed E-state index contributed by atoms with van der Waals surface area (Å²) in [5, 5.41) is 17.3. The highest BCUT2D eigenvalue weighted by molar-refractivity contribution is 4.89. The van der Waals surface area contributed by atoms with E-state index in [-0.39, 0.29) is 12.1 Å². The predicted molar refractivity (Wildman–Crippen MR) is 72.5 cm³/mol. The second kappa shape index (κ2) is 6.85. The van der Waals surface area contributed by atoms with E-state index in [1.807, 2.05) is 18.5 Å². The summed E-state index contributed by atoms with van der Waals surface area (Å²) >= 11 is 0. The van der Waals surface area contributed by atoms with Crippen molar-refractivity contribution in [1.82, 2.24) is 20.1 Å². The SMILES string of the molecule is CCNC(CC)(CO)CCCn1nc(C)nc1C. The van der Waals surface area contributed by atoms with Crippen molar-refractivity contribution < 1.29 is 5.11 Å². The molecular weight excluding hydrogens is 228 g/mol. The number of nitrogens with one attached hydrogen (secondary N) is 1. The Morgan fingerprint density at radius 3 is 2.50 bits per heavy atom. The first kappa shape index (κ1) is 15.1. The topological polar surface area (TPSA) is 63.0 Å². The van der Waals surface area contributed by atoms with Gasteiger partial charge in [0.2, 0.25) is 0 Å². The number of aliphatic hydroxyl groups excluding tert-OH is 1. The zero-order valence-corrected chi connectivity index (χ0v) is 12.0. The standard InChI is InChI=1S/C13H26N4O/c1-5-13(10-18,14-6-2)8-7-9-17-12(4)15-11(3)16-17/h14,18H,5-10H2,1-4H3. The molecule has 0 spiro atoms. The molecular formula is C13H26N4O. The van der Waals surface area contributed by atoms with E-state index in [0.717, 1.165) is 44.0 Å². The van der Waals surface area contributed by atoms with E-state index < -0.39 is 0 Å². The van der Waals surface area contributed by atoms with Crippen LogP contribution in [-0.2, 0) is 6.54 Å². The van der Waals surface area contributed by atoms with Gasteiger partial charge in [0.25, 0.3) is 0 Å². The van der Waals surface area contributed by atoms with Crippen molar-refractivity contribution in [3.63, 3.8) is 0 Å². The van der Waals surface area contributed by atoms with Gasteiger partial charge in [-0.2, -0.15) is 5.10 Å². The quantitative estimate of drug-likeness (QED) is 0.736. The van der Waals surface area contributed by atoms with E-state index in [2.05, 4.69) is 29.2 Å². The number of aliphatic hydroxyl groups is 1. The maximum Gasteiger partial charge on any atom is 0.147 e. The smallest absolute Gasteiger partial charge is 0.147 e. The fraction of sp³-hybridized carbons (Fsp3) is 0.846. The lowest BCUT2D eigenvalue weighted by Crippen LogP contribution is -2.48. The summed E-state index contributed by atoms with van der Waals surface area (Å²) in [6, 6.07) is 0. The number of aryl methyl sites for hydroxylation is 3. The Morgan fingerprint density at radius 2 is 2.06 bits per heavy atom. The fourth-order valence-electron chi connectivity index (χ4n) is 2.35. The van der Waals surface area contributed by atoms with Crippen LogP contribution in [0.3, 0.4) is 0 Å². The van der Waals surface area contributed by atoms with Crippen LogP contribution in [0.1, 0.15) is 44.8 Å². The molecule has 0 saturated carbocycles. The van der Waals surface area contributed by atoms with Crippen LogP contribution in [0.2, 0.25) is 0 Å². The molecule has 104 valence electrons. The van der Waals surface area contributed by atoms with Crippen LogP contribution in [0.25, 0.3) is 0 Å². The van der Waals surface area contributed by atoms with E-state index in [9.17, 15) is 5.11 Å². The van der Waals surface area contributed by atoms with Crippen LogP contribution in [0.5, 0.6) is 0 Å². The van der Waals surface area contributed by atoms with Gasteiger partial charge in [0, 0.05) is 12.1 Å². The first-order valence-corrected chi connectivity index (χ1v) is 6.81. The van der Waals surface area contributed by atoms with E-state index in [1.165, 1.54) is 0 Å². The summed E-state index contributed by atoms with van der Waals surface area (Å²) in [5.41, 5.74) is -0.141. The summed E-state index contributed by atoms with van der Waals surface area (Å²) in [6.45, 7) is 10.0. The van der Waals surface area contributed by atoms with Crippen LogP contribution in [-0.4, -0.2) is 38.6 Å². The van der Waals surface area contributed by atoms with Crippen molar-refractivity contribution >= 4 is 0 Å². The Hall–Kier alpha value is -0.940. The number of hydrogen-bond donors (Lipinski definition) is 2. The molecule has 1 unspecified atom stereocenters. The van der Waals surface area contributed by atoms with Gasteiger partial charge >= 0.3 is 0 Å². The molecule has 0 fully saturated rings. The summed E-state index contributed by atoms with van der Waals surface area (Å²) in [5.74, 6) is 1.78. The van der Waals surface area contributed by atoms with Gasteiger partial charge in [0.1, 0.15) is 11.6 Å². The van der Waals surface area contributed by atoms with E-state index in [1.54, 1.807) is 0 Å². The van der Waals surface area contributed by atoms with E-state index in [0.29, 0.717) is 0 Å². The number of rotatable bonds is 8. The highest BCUT2D eigenvalue weighted by Gasteiger charge is 2.25. The predicted octanol–water partition coefficient (Wildman–Crippen LogP) is 1.43. The lowest BCUT2D eigenvalue weighted by Gasteiger charge is -2.31. The third kappa shape index (κ3) is 3.78. The zero-order chi connectivity index (χ0) is 13.6. The number of nitrogens with zero attached hydrogens (tertiary/aromatic N) is 3. The Morgan fingerprint density at radius 1 is 1.33 bits per heavy atom. The normalized spacial score (nSPS) is 14.7. The minimum absolute atomic E-state index is 0.141.